The van der Waals surface area contributed by atoms with Crippen LogP contribution in [-0.2, 0) is 4.79 Å². The van der Waals surface area contributed by atoms with Crippen LogP contribution in [0.5, 0.6) is 0 Å². The number of likely N-dealkylation sites (N-methyl/N-ethyl adjacent to an activating group) is 2. The van der Waals surface area contributed by atoms with Gasteiger partial charge < -0.3 is 20.2 Å². The van der Waals surface area contributed by atoms with Gasteiger partial charge in [0.15, 0.2) is 0 Å². The molecule has 0 aliphatic carbocycles. The second kappa shape index (κ2) is 7.07. The van der Waals surface area contributed by atoms with E-state index in [0.717, 1.165) is 39.3 Å². The lowest BCUT2D eigenvalue weighted by molar-refractivity contribution is -0.144. The van der Waals surface area contributed by atoms with E-state index in [9.17, 15) is 9.90 Å². The predicted molar refractivity (Wildman–Crippen MR) is 72.9 cm³/mol. The van der Waals surface area contributed by atoms with Gasteiger partial charge >= 0.3 is 5.97 Å². The summed E-state index contributed by atoms with van der Waals surface area (Å²) in [5.41, 5.74) is -0.795. The number of carbonyl (C=O) groups is 1. The van der Waals surface area contributed by atoms with E-state index in [1.807, 2.05) is 6.92 Å². The highest BCUT2D eigenvalue weighted by Gasteiger charge is 2.32. The monoisotopic (exact) mass is 257 g/mol. The van der Waals surface area contributed by atoms with E-state index < -0.39 is 11.5 Å². The fourth-order valence-electron chi connectivity index (χ4n) is 2.37. The summed E-state index contributed by atoms with van der Waals surface area (Å²) in [5, 5.41) is 12.4. The molecule has 1 heterocycles. The quantitative estimate of drug-likeness (QED) is 0.694. The van der Waals surface area contributed by atoms with Gasteiger partial charge in [0.1, 0.15) is 5.54 Å². The van der Waals surface area contributed by atoms with Crippen LogP contribution in [0, 0.1) is 0 Å². The van der Waals surface area contributed by atoms with Crippen LogP contribution in [-0.4, -0.2) is 72.2 Å². The Balaban J connectivity index is 2.37. The van der Waals surface area contributed by atoms with Crippen LogP contribution in [0.15, 0.2) is 0 Å². The molecular formula is C13H27N3O2. The minimum absolute atomic E-state index is 0.655. The molecule has 5 nitrogen and oxygen atoms in total. The molecule has 0 saturated carbocycles. The van der Waals surface area contributed by atoms with Crippen LogP contribution in [0.2, 0.25) is 0 Å². The highest BCUT2D eigenvalue weighted by Crippen LogP contribution is 2.12. The van der Waals surface area contributed by atoms with Crippen molar-refractivity contribution in [2.75, 3.05) is 45.8 Å². The molecular weight excluding hydrogens is 230 g/mol. The highest BCUT2D eigenvalue weighted by atomic mass is 16.4. The Hall–Kier alpha value is -0.650. The van der Waals surface area contributed by atoms with Crippen molar-refractivity contribution in [2.24, 2.45) is 0 Å². The standard InChI is InChI=1S/C13H27N3O2/c1-4-14-13(3,12(17)18)6-7-16-10-8-15(5-2)9-11-16/h14H,4-11H2,1-3H3,(H,17,18). The van der Waals surface area contributed by atoms with Crippen molar-refractivity contribution in [2.45, 2.75) is 32.7 Å². The minimum Gasteiger partial charge on any atom is -0.480 e. The Kier molecular flexibility index (Phi) is 6.05. The number of piperazine rings is 1. The van der Waals surface area contributed by atoms with E-state index in [4.69, 9.17) is 0 Å². The molecule has 1 aliphatic heterocycles. The molecule has 2 N–H and O–H groups in total. The molecule has 1 saturated heterocycles. The molecule has 106 valence electrons. The summed E-state index contributed by atoms with van der Waals surface area (Å²) in [7, 11) is 0. The number of rotatable bonds is 7. The fourth-order valence-corrected chi connectivity index (χ4v) is 2.37. The molecule has 0 amide bonds. The van der Waals surface area contributed by atoms with Crippen LogP contribution < -0.4 is 5.32 Å². The Morgan fingerprint density at radius 1 is 1.22 bits per heavy atom. The molecule has 1 rings (SSSR count). The van der Waals surface area contributed by atoms with Crippen molar-refractivity contribution in [3.05, 3.63) is 0 Å². The van der Waals surface area contributed by atoms with Crippen LogP contribution in [0.25, 0.3) is 0 Å². The molecule has 1 fully saturated rings. The van der Waals surface area contributed by atoms with E-state index in [1.165, 1.54) is 0 Å². The van der Waals surface area contributed by atoms with Crippen molar-refractivity contribution >= 4 is 5.97 Å². The average Bonchev–Trinajstić information content (AvgIpc) is 2.37. The van der Waals surface area contributed by atoms with Gasteiger partial charge in [0.2, 0.25) is 0 Å². The third kappa shape index (κ3) is 4.23. The molecule has 1 aliphatic rings. The van der Waals surface area contributed by atoms with E-state index in [1.54, 1.807) is 6.92 Å². The summed E-state index contributed by atoms with van der Waals surface area (Å²) >= 11 is 0. The van der Waals surface area contributed by atoms with Crippen LogP contribution in [0.1, 0.15) is 27.2 Å². The van der Waals surface area contributed by atoms with Gasteiger partial charge in [-0.25, -0.2) is 0 Å². The molecule has 1 unspecified atom stereocenters. The lowest BCUT2D eigenvalue weighted by atomic mass is 9.97. The summed E-state index contributed by atoms with van der Waals surface area (Å²) in [5.74, 6) is -0.753. The Morgan fingerprint density at radius 3 is 2.22 bits per heavy atom. The third-order valence-electron chi connectivity index (χ3n) is 3.88. The molecule has 0 spiro atoms. The average molecular weight is 257 g/mol. The number of hydrogen-bond donors (Lipinski definition) is 2. The van der Waals surface area contributed by atoms with Gasteiger partial charge in [0.05, 0.1) is 0 Å². The predicted octanol–water partition coefficient (Wildman–Crippen LogP) is 0.467. The lowest BCUT2D eigenvalue weighted by Gasteiger charge is -2.36. The van der Waals surface area contributed by atoms with Gasteiger partial charge in [-0.05, 0) is 26.4 Å². The van der Waals surface area contributed by atoms with Gasteiger partial charge in [0.25, 0.3) is 0 Å². The number of carboxylic acid groups (broad SMARTS) is 1. The Bertz CT molecular complexity index is 265. The maximum atomic E-state index is 11.3. The van der Waals surface area contributed by atoms with Crippen molar-refractivity contribution in [3.63, 3.8) is 0 Å². The maximum absolute atomic E-state index is 11.3. The van der Waals surface area contributed by atoms with E-state index in [0.29, 0.717) is 13.0 Å². The molecule has 5 heteroatoms. The summed E-state index contributed by atoms with van der Waals surface area (Å²) < 4.78 is 0. The van der Waals surface area contributed by atoms with Gasteiger partial charge in [-0.2, -0.15) is 0 Å². The summed E-state index contributed by atoms with van der Waals surface area (Å²) in [4.78, 5) is 16.1. The smallest absolute Gasteiger partial charge is 0.323 e. The number of nitrogens with zero attached hydrogens (tertiary/aromatic N) is 2. The largest absolute Gasteiger partial charge is 0.480 e. The summed E-state index contributed by atoms with van der Waals surface area (Å²) in [6.45, 7) is 12.9. The van der Waals surface area contributed by atoms with Crippen LogP contribution in [0.4, 0.5) is 0 Å². The fraction of sp³-hybridized carbons (Fsp3) is 0.923. The zero-order chi connectivity index (χ0) is 13.6. The van der Waals surface area contributed by atoms with Crippen LogP contribution >= 0.6 is 0 Å². The van der Waals surface area contributed by atoms with E-state index in [2.05, 4.69) is 22.0 Å². The number of aliphatic carboxylic acids is 1. The minimum atomic E-state index is -0.795. The SMILES string of the molecule is CCNC(C)(CCN1CCN(CC)CC1)C(=O)O. The normalized spacial score (nSPS) is 21.7. The number of carboxylic acids is 1. The van der Waals surface area contributed by atoms with E-state index >= 15 is 0 Å². The highest BCUT2D eigenvalue weighted by molar-refractivity contribution is 5.78. The van der Waals surface area contributed by atoms with Gasteiger partial charge in [0, 0.05) is 32.7 Å². The van der Waals surface area contributed by atoms with Crippen molar-refractivity contribution < 1.29 is 9.90 Å². The Labute approximate surface area is 110 Å². The second-order valence-electron chi connectivity index (χ2n) is 5.19. The van der Waals surface area contributed by atoms with Crippen molar-refractivity contribution in [3.8, 4) is 0 Å². The van der Waals surface area contributed by atoms with Crippen molar-refractivity contribution in [1.82, 2.24) is 15.1 Å². The Morgan fingerprint density at radius 2 is 1.78 bits per heavy atom. The van der Waals surface area contributed by atoms with Crippen molar-refractivity contribution in [1.29, 1.82) is 0 Å². The first kappa shape index (κ1) is 15.4. The molecule has 0 radical (unpaired) electrons. The van der Waals surface area contributed by atoms with Gasteiger partial charge in [-0.1, -0.05) is 13.8 Å². The first-order chi connectivity index (χ1) is 8.51. The lowest BCUT2D eigenvalue weighted by Crippen LogP contribution is -2.53. The molecule has 0 aromatic rings. The van der Waals surface area contributed by atoms with Gasteiger partial charge in [-0.15, -0.1) is 0 Å². The molecule has 18 heavy (non-hydrogen) atoms. The summed E-state index contributed by atoms with van der Waals surface area (Å²) in [6.07, 6.45) is 0.655. The number of hydrogen-bond acceptors (Lipinski definition) is 4. The topological polar surface area (TPSA) is 55.8 Å². The van der Waals surface area contributed by atoms with Gasteiger partial charge in [-0.3, -0.25) is 4.79 Å². The molecule has 1 atom stereocenters. The summed E-state index contributed by atoms with van der Waals surface area (Å²) in [6, 6.07) is 0. The second-order valence-corrected chi connectivity index (χ2v) is 5.19. The first-order valence-corrected chi connectivity index (χ1v) is 6.95. The third-order valence-corrected chi connectivity index (χ3v) is 3.88. The zero-order valence-corrected chi connectivity index (χ0v) is 11.9. The molecule has 0 aromatic heterocycles. The van der Waals surface area contributed by atoms with Crippen LogP contribution in [0.3, 0.4) is 0 Å². The maximum Gasteiger partial charge on any atom is 0.323 e. The first-order valence-electron chi connectivity index (χ1n) is 6.95. The molecule has 0 bridgehead atoms. The molecule has 0 aromatic carbocycles. The van der Waals surface area contributed by atoms with E-state index in [-0.39, 0.29) is 0 Å². The number of nitrogens with one attached hydrogen (secondary N) is 1. The zero-order valence-electron chi connectivity index (χ0n) is 11.9.